The Kier molecular flexibility index (Phi) is 3.61. The van der Waals surface area contributed by atoms with E-state index in [1.807, 2.05) is 18.3 Å². The molecule has 0 aromatic carbocycles. The molecule has 2 aromatic rings. The third-order valence-electron chi connectivity index (χ3n) is 3.64. The zero-order valence-electron chi connectivity index (χ0n) is 11.9. The van der Waals surface area contributed by atoms with Crippen LogP contribution in [-0.2, 0) is 13.0 Å². The third kappa shape index (κ3) is 2.77. The van der Waals surface area contributed by atoms with Gasteiger partial charge in [0.1, 0.15) is 17.5 Å². The largest absolute Gasteiger partial charge is 0.383 e. The predicted octanol–water partition coefficient (Wildman–Crippen LogP) is 3.48. The number of aryl methyl sites for hydroxylation is 1. The number of thiophene rings is 1. The second-order valence-corrected chi connectivity index (χ2v) is 6.54. The van der Waals surface area contributed by atoms with Crippen molar-refractivity contribution in [1.82, 2.24) is 9.97 Å². The van der Waals surface area contributed by atoms with Crippen LogP contribution in [0.4, 0.5) is 11.6 Å². The molecule has 4 nitrogen and oxygen atoms in total. The first-order chi connectivity index (χ1) is 9.67. The number of rotatable bonds is 5. The summed E-state index contributed by atoms with van der Waals surface area (Å²) in [6.07, 6.45) is 3.47. The summed E-state index contributed by atoms with van der Waals surface area (Å²) in [6, 6.07) is 4.37. The van der Waals surface area contributed by atoms with Crippen molar-refractivity contribution >= 4 is 23.0 Å². The fourth-order valence-corrected chi connectivity index (χ4v) is 3.02. The first-order valence-electron chi connectivity index (χ1n) is 7.12. The lowest BCUT2D eigenvalue weighted by atomic mass is 10.3. The lowest BCUT2D eigenvalue weighted by Crippen LogP contribution is -2.08. The maximum atomic E-state index is 5.99. The maximum Gasteiger partial charge on any atom is 0.136 e. The highest BCUT2D eigenvalue weighted by atomic mass is 32.1. The van der Waals surface area contributed by atoms with Crippen LogP contribution in [0, 0.1) is 6.92 Å². The van der Waals surface area contributed by atoms with Crippen molar-refractivity contribution in [1.29, 1.82) is 0 Å². The molecule has 2 aromatic heterocycles. The van der Waals surface area contributed by atoms with Crippen molar-refractivity contribution in [3.8, 4) is 0 Å². The van der Waals surface area contributed by atoms with E-state index < -0.39 is 0 Å². The second kappa shape index (κ2) is 5.40. The molecular weight excluding hydrogens is 268 g/mol. The summed E-state index contributed by atoms with van der Waals surface area (Å²) in [5.74, 6) is 2.90. The lowest BCUT2D eigenvalue weighted by molar-refractivity contribution is 0.918. The standard InChI is InChI=1S/C15H20N4S/c1-3-11-6-7-12(20-11)8-17-14-9(2)13(16)18-15(19-14)10-4-5-10/h6-7,10H,3-5,8H2,1-2H3,(H3,16,17,18,19). The Bertz CT molecular complexity index is 616. The predicted molar refractivity (Wildman–Crippen MR) is 84.2 cm³/mol. The zero-order valence-corrected chi connectivity index (χ0v) is 12.8. The van der Waals surface area contributed by atoms with Gasteiger partial charge in [0.25, 0.3) is 0 Å². The lowest BCUT2D eigenvalue weighted by Gasteiger charge is -2.11. The highest BCUT2D eigenvalue weighted by Gasteiger charge is 2.27. The second-order valence-electron chi connectivity index (χ2n) is 5.29. The minimum Gasteiger partial charge on any atom is -0.383 e. The molecule has 106 valence electrons. The number of anilines is 2. The Labute approximate surface area is 123 Å². The average molecular weight is 288 g/mol. The van der Waals surface area contributed by atoms with E-state index in [1.165, 1.54) is 22.6 Å². The van der Waals surface area contributed by atoms with Crippen LogP contribution in [0.2, 0.25) is 0 Å². The summed E-state index contributed by atoms with van der Waals surface area (Å²) in [5, 5.41) is 3.41. The van der Waals surface area contributed by atoms with Gasteiger partial charge in [0.15, 0.2) is 0 Å². The van der Waals surface area contributed by atoms with E-state index in [2.05, 4.69) is 34.3 Å². The number of hydrogen-bond acceptors (Lipinski definition) is 5. The van der Waals surface area contributed by atoms with Crippen molar-refractivity contribution in [2.75, 3.05) is 11.1 Å². The molecule has 20 heavy (non-hydrogen) atoms. The van der Waals surface area contributed by atoms with E-state index in [1.54, 1.807) is 0 Å². The molecule has 2 heterocycles. The number of aromatic nitrogens is 2. The van der Waals surface area contributed by atoms with Crippen LogP contribution in [0.25, 0.3) is 0 Å². The van der Waals surface area contributed by atoms with Crippen LogP contribution >= 0.6 is 11.3 Å². The molecule has 0 unspecified atom stereocenters. The van der Waals surface area contributed by atoms with E-state index in [0.717, 1.165) is 30.2 Å². The summed E-state index contributed by atoms with van der Waals surface area (Å²) in [6.45, 7) is 4.95. The van der Waals surface area contributed by atoms with Gasteiger partial charge in [-0.2, -0.15) is 0 Å². The van der Waals surface area contributed by atoms with Gasteiger partial charge in [0.05, 0.1) is 6.54 Å². The molecule has 0 radical (unpaired) electrons. The Hall–Kier alpha value is -1.62. The number of nitrogens with one attached hydrogen (secondary N) is 1. The van der Waals surface area contributed by atoms with Crippen LogP contribution < -0.4 is 11.1 Å². The molecule has 1 aliphatic carbocycles. The molecule has 1 aliphatic rings. The number of hydrogen-bond donors (Lipinski definition) is 2. The highest BCUT2D eigenvalue weighted by Crippen LogP contribution is 2.39. The minimum atomic E-state index is 0.520. The number of nitrogens with zero attached hydrogens (tertiary/aromatic N) is 2. The van der Waals surface area contributed by atoms with E-state index >= 15 is 0 Å². The van der Waals surface area contributed by atoms with E-state index in [-0.39, 0.29) is 0 Å². The summed E-state index contributed by atoms with van der Waals surface area (Å²) in [5.41, 5.74) is 6.94. The van der Waals surface area contributed by atoms with Gasteiger partial charge in [-0.05, 0) is 38.3 Å². The van der Waals surface area contributed by atoms with Gasteiger partial charge in [-0.3, -0.25) is 0 Å². The fourth-order valence-electron chi connectivity index (χ4n) is 2.13. The van der Waals surface area contributed by atoms with Crippen LogP contribution in [0.1, 0.15) is 46.8 Å². The minimum absolute atomic E-state index is 0.520. The van der Waals surface area contributed by atoms with Crippen LogP contribution in [0.5, 0.6) is 0 Å². The van der Waals surface area contributed by atoms with Crippen LogP contribution in [-0.4, -0.2) is 9.97 Å². The van der Waals surface area contributed by atoms with Crippen molar-refractivity contribution in [2.24, 2.45) is 0 Å². The van der Waals surface area contributed by atoms with Gasteiger partial charge in [-0.15, -0.1) is 11.3 Å². The Morgan fingerprint density at radius 3 is 2.70 bits per heavy atom. The fraction of sp³-hybridized carbons (Fsp3) is 0.467. The van der Waals surface area contributed by atoms with Crippen molar-refractivity contribution in [3.63, 3.8) is 0 Å². The number of nitrogens with two attached hydrogens (primary N) is 1. The van der Waals surface area contributed by atoms with E-state index in [9.17, 15) is 0 Å². The van der Waals surface area contributed by atoms with Gasteiger partial charge in [0.2, 0.25) is 0 Å². The van der Waals surface area contributed by atoms with Crippen molar-refractivity contribution < 1.29 is 0 Å². The smallest absolute Gasteiger partial charge is 0.136 e. The summed E-state index contributed by atoms with van der Waals surface area (Å²) in [4.78, 5) is 11.8. The molecule has 0 aliphatic heterocycles. The molecular formula is C15H20N4S. The Balaban J connectivity index is 1.75. The van der Waals surface area contributed by atoms with Crippen LogP contribution in [0.15, 0.2) is 12.1 Å². The van der Waals surface area contributed by atoms with Gasteiger partial charge in [0, 0.05) is 21.2 Å². The number of nitrogen functional groups attached to an aromatic ring is 1. The molecule has 5 heteroatoms. The third-order valence-corrected chi connectivity index (χ3v) is 4.87. The Morgan fingerprint density at radius 2 is 2.05 bits per heavy atom. The first-order valence-corrected chi connectivity index (χ1v) is 7.94. The van der Waals surface area contributed by atoms with Crippen molar-refractivity contribution in [3.05, 3.63) is 33.3 Å². The molecule has 0 saturated heterocycles. The summed E-state index contributed by atoms with van der Waals surface area (Å²) >= 11 is 1.85. The first kappa shape index (κ1) is 13.4. The normalized spacial score (nSPS) is 14.5. The van der Waals surface area contributed by atoms with E-state index in [0.29, 0.717) is 11.7 Å². The zero-order chi connectivity index (χ0) is 14.1. The monoisotopic (exact) mass is 288 g/mol. The highest BCUT2D eigenvalue weighted by molar-refractivity contribution is 7.12. The quantitative estimate of drug-likeness (QED) is 0.884. The van der Waals surface area contributed by atoms with Gasteiger partial charge < -0.3 is 11.1 Å². The molecule has 0 atom stereocenters. The Morgan fingerprint density at radius 1 is 1.30 bits per heavy atom. The van der Waals surface area contributed by atoms with E-state index in [4.69, 9.17) is 5.73 Å². The molecule has 0 bridgehead atoms. The van der Waals surface area contributed by atoms with Crippen LogP contribution in [0.3, 0.4) is 0 Å². The molecule has 3 rings (SSSR count). The molecule has 0 spiro atoms. The van der Waals surface area contributed by atoms with Gasteiger partial charge in [-0.1, -0.05) is 6.92 Å². The van der Waals surface area contributed by atoms with Crippen molar-refractivity contribution in [2.45, 2.75) is 45.6 Å². The maximum absolute atomic E-state index is 5.99. The van der Waals surface area contributed by atoms with Gasteiger partial charge in [-0.25, -0.2) is 9.97 Å². The molecule has 3 N–H and O–H groups in total. The summed E-state index contributed by atoms with van der Waals surface area (Å²) < 4.78 is 0. The SMILES string of the molecule is CCc1ccc(CNc2nc(C3CC3)nc(N)c2C)s1. The molecule has 1 fully saturated rings. The van der Waals surface area contributed by atoms with Gasteiger partial charge >= 0.3 is 0 Å². The molecule has 0 amide bonds. The summed E-state index contributed by atoms with van der Waals surface area (Å²) in [7, 11) is 0. The average Bonchev–Trinajstić information content (AvgIpc) is 3.19. The molecule has 1 saturated carbocycles. The topological polar surface area (TPSA) is 63.8 Å².